The molecule has 3 aromatic rings. The Hall–Kier alpha value is -2.62. The van der Waals surface area contributed by atoms with Crippen molar-refractivity contribution in [1.29, 1.82) is 0 Å². The molecule has 4 nitrogen and oxygen atoms in total. The fourth-order valence-electron chi connectivity index (χ4n) is 2.40. The molecule has 0 fully saturated rings. The van der Waals surface area contributed by atoms with Gasteiger partial charge in [0.2, 0.25) is 0 Å². The molecular weight excluding hydrogens is 262 g/mol. The number of nitrogens with one attached hydrogen (secondary N) is 2. The van der Waals surface area contributed by atoms with Crippen LogP contribution in [-0.4, -0.2) is 22.6 Å². The van der Waals surface area contributed by atoms with Crippen molar-refractivity contribution < 1.29 is 4.79 Å². The number of aromatic nitrogens is 2. The summed E-state index contributed by atoms with van der Waals surface area (Å²) in [6.45, 7) is 2.71. The predicted octanol–water partition coefficient (Wildman–Crippen LogP) is 3.10. The standard InChI is InChI=1S/C17H17N3O/c1-12(13-6-3-2-4-7-13)10-18-17(21)15-9-5-8-14-11-19-20-16(14)15/h2-9,11-12H,10H2,1H3,(H,18,21)(H,19,20)/t12-/m0/s1. The maximum Gasteiger partial charge on any atom is 0.253 e. The van der Waals surface area contributed by atoms with Crippen LogP contribution >= 0.6 is 0 Å². The summed E-state index contributed by atoms with van der Waals surface area (Å²) in [6.07, 6.45) is 1.72. The van der Waals surface area contributed by atoms with Gasteiger partial charge < -0.3 is 5.32 Å². The second kappa shape index (κ2) is 5.79. The fourth-order valence-corrected chi connectivity index (χ4v) is 2.40. The van der Waals surface area contributed by atoms with Crippen LogP contribution in [0, 0.1) is 0 Å². The normalized spacial score (nSPS) is 12.2. The van der Waals surface area contributed by atoms with Crippen LogP contribution in [0.5, 0.6) is 0 Å². The molecular formula is C17H17N3O. The SMILES string of the molecule is C[C@@H](CNC(=O)c1cccc2cn[nH]c12)c1ccccc1. The van der Waals surface area contributed by atoms with Gasteiger partial charge in [-0.15, -0.1) is 0 Å². The number of para-hydroxylation sites is 1. The topological polar surface area (TPSA) is 57.8 Å². The zero-order valence-electron chi connectivity index (χ0n) is 11.8. The molecule has 0 aliphatic rings. The molecule has 106 valence electrons. The number of nitrogens with zero attached hydrogens (tertiary/aromatic N) is 1. The first-order valence-corrected chi connectivity index (χ1v) is 7.01. The van der Waals surface area contributed by atoms with Gasteiger partial charge >= 0.3 is 0 Å². The van der Waals surface area contributed by atoms with Crippen LogP contribution in [0.4, 0.5) is 0 Å². The molecule has 2 aromatic carbocycles. The summed E-state index contributed by atoms with van der Waals surface area (Å²) in [5.74, 6) is 0.198. The number of rotatable bonds is 4. The zero-order valence-corrected chi connectivity index (χ0v) is 11.8. The lowest BCUT2D eigenvalue weighted by atomic mass is 10.0. The quantitative estimate of drug-likeness (QED) is 0.771. The number of fused-ring (bicyclic) bond motifs is 1. The van der Waals surface area contributed by atoms with Crippen LogP contribution in [0.2, 0.25) is 0 Å². The van der Waals surface area contributed by atoms with Gasteiger partial charge in [0.15, 0.2) is 0 Å². The van der Waals surface area contributed by atoms with Crippen molar-refractivity contribution in [3.05, 3.63) is 65.9 Å². The molecule has 1 aromatic heterocycles. The van der Waals surface area contributed by atoms with Crippen LogP contribution in [0.25, 0.3) is 10.9 Å². The predicted molar refractivity (Wildman–Crippen MR) is 83.3 cm³/mol. The first kappa shape index (κ1) is 13.4. The Kier molecular flexibility index (Phi) is 3.69. The Labute approximate surface area is 123 Å². The number of benzene rings is 2. The molecule has 0 saturated carbocycles. The Morgan fingerprint density at radius 2 is 2.00 bits per heavy atom. The summed E-state index contributed by atoms with van der Waals surface area (Å²) in [5.41, 5.74) is 2.63. The maximum atomic E-state index is 12.3. The summed E-state index contributed by atoms with van der Waals surface area (Å²) in [5, 5.41) is 10.8. The molecule has 0 aliphatic carbocycles. The van der Waals surface area contributed by atoms with Crippen molar-refractivity contribution in [2.24, 2.45) is 0 Å². The molecule has 3 rings (SSSR count). The summed E-state index contributed by atoms with van der Waals surface area (Å²) >= 11 is 0. The van der Waals surface area contributed by atoms with E-state index in [0.717, 1.165) is 10.9 Å². The summed E-state index contributed by atoms with van der Waals surface area (Å²) in [7, 11) is 0. The Balaban J connectivity index is 1.71. The highest BCUT2D eigenvalue weighted by Gasteiger charge is 2.12. The van der Waals surface area contributed by atoms with Gasteiger partial charge in [-0.1, -0.05) is 49.4 Å². The van der Waals surface area contributed by atoms with Gasteiger partial charge in [0, 0.05) is 11.9 Å². The van der Waals surface area contributed by atoms with E-state index in [1.165, 1.54) is 5.56 Å². The number of amides is 1. The second-order valence-corrected chi connectivity index (χ2v) is 5.16. The molecule has 21 heavy (non-hydrogen) atoms. The third kappa shape index (κ3) is 2.79. The minimum absolute atomic E-state index is 0.0763. The van der Waals surface area contributed by atoms with Crippen LogP contribution in [0.3, 0.4) is 0 Å². The zero-order chi connectivity index (χ0) is 14.7. The number of hydrogen-bond acceptors (Lipinski definition) is 2. The lowest BCUT2D eigenvalue weighted by Crippen LogP contribution is -2.27. The summed E-state index contributed by atoms with van der Waals surface area (Å²) in [4.78, 5) is 12.3. The Bertz CT molecular complexity index is 749. The van der Waals surface area contributed by atoms with Crippen LogP contribution in [-0.2, 0) is 0 Å². The molecule has 0 unspecified atom stereocenters. The van der Waals surface area contributed by atoms with Crippen molar-refractivity contribution >= 4 is 16.8 Å². The largest absolute Gasteiger partial charge is 0.351 e. The van der Waals surface area contributed by atoms with E-state index in [2.05, 4.69) is 34.6 Å². The van der Waals surface area contributed by atoms with Crippen molar-refractivity contribution in [1.82, 2.24) is 15.5 Å². The molecule has 1 amide bonds. The highest BCUT2D eigenvalue weighted by molar-refractivity contribution is 6.05. The van der Waals surface area contributed by atoms with Gasteiger partial charge in [-0.05, 0) is 17.5 Å². The molecule has 0 radical (unpaired) electrons. The van der Waals surface area contributed by atoms with Crippen molar-refractivity contribution in [2.75, 3.05) is 6.54 Å². The lowest BCUT2D eigenvalue weighted by Gasteiger charge is -2.13. The van der Waals surface area contributed by atoms with Gasteiger partial charge in [0.1, 0.15) is 0 Å². The second-order valence-electron chi connectivity index (χ2n) is 5.16. The van der Waals surface area contributed by atoms with Gasteiger partial charge in [-0.2, -0.15) is 5.10 Å². The summed E-state index contributed by atoms with van der Waals surface area (Å²) < 4.78 is 0. The number of carbonyl (C=O) groups is 1. The lowest BCUT2D eigenvalue weighted by molar-refractivity contribution is 0.0953. The Morgan fingerprint density at radius 1 is 1.19 bits per heavy atom. The van der Waals surface area contributed by atoms with E-state index in [9.17, 15) is 4.79 Å². The van der Waals surface area contributed by atoms with E-state index >= 15 is 0 Å². The van der Waals surface area contributed by atoms with Gasteiger partial charge in [0.25, 0.3) is 5.91 Å². The van der Waals surface area contributed by atoms with E-state index in [1.54, 1.807) is 6.20 Å². The molecule has 0 saturated heterocycles. The van der Waals surface area contributed by atoms with E-state index in [0.29, 0.717) is 12.1 Å². The van der Waals surface area contributed by atoms with E-state index in [4.69, 9.17) is 0 Å². The molecule has 0 bridgehead atoms. The van der Waals surface area contributed by atoms with Crippen molar-refractivity contribution in [2.45, 2.75) is 12.8 Å². The van der Waals surface area contributed by atoms with Crippen molar-refractivity contribution in [3.8, 4) is 0 Å². The molecule has 1 atom stereocenters. The molecule has 1 heterocycles. The van der Waals surface area contributed by atoms with Crippen LogP contribution in [0.1, 0.15) is 28.8 Å². The monoisotopic (exact) mass is 279 g/mol. The first-order valence-electron chi connectivity index (χ1n) is 7.01. The number of aromatic amines is 1. The number of H-pyrrole nitrogens is 1. The summed E-state index contributed by atoms with van der Waals surface area (Å²) in [6, 6.07) is 15.8. The van der Waals surface area contributed by atoms with Gasteiger partial charge in [-0.25, -0.2) is 0 Å². The van der Waals surface area contributed by atoms with Crippen LogP contribution < -0.4 is 5.32 Å². The first-order chi connectivity index (χ1) is 10.3. The third-order valence-corrected chi connectivity index (χ3v) is 3.66. The van der Waals surface area contributed by atoms with Gasteiger partial charge in [-0.3, -0.25) is 9.89 Å². The van der Waals surface area contributed by atoms with E-state index < -0.39 is 0 Å². The third-order valence-electron chi connectivity index (χ3n) is 3.66. The van der Waals surface area contributed by atoms with Crippen molar-refractivity contribution in [3.63, 3.8) is 0 Å². The minimum atomic E-state index is -0.0763. The van der Waals surface area contributed by atoms with E-state index in [1.807, 2.05) is 36.4 Å². The average molecular weight is 279 g/mol. The molecule has 0 spiro atoms. The Morgan fingerprint density at radius 3 is 2.81 bits per heavy atom. The highest BCUT2D eigenvalue weighted by atomic mass is 16.1. The fraction of sp³-hybridized carbons (Fsp3) is 0.176. The van der Waals surface area contributed by atoms with Gasteiger partial charge in [0.05, 0.1) is 17.3 Å². The highest BCUT2D eigenvalue weighted by Crippen LogP contribution is 2.16. The van der Waals surface area contributed by atoms with Crippen LogP contribution in [0.15, 0.2) is 54.7 Å². The maximum absolute atomic E-state index is 12.3. The number of carbonyl (C=O) groups excluding carboxylic acids is 1. The molecule has 0 aliphatic heterocycles. The number of hydrogen-bond donors (Lipinski definition) is 2. The minimum Gasteiger partial charge on any atom is -0.351 e. The average Bonchev–Trinajstić information content (AvgIpc) is 3.01. The molecule has 4 heteroatoms. The molecule has 2 N–H and O–H groups in total. The van der Waals surface area contributed by atoms with E-state index in [-0.39, 0.29) is 11.8 Å². The smallest absolute Gasteiger partial charge is 0.253 e.